The molecule has 0 radical (unpaired) electrons. The Balaban J connectivity index is 3.24. The van der Waals surface area contributed by atoms with E-state index in [-0.39, 0.29) is 5.75 Å². The third kappa shape index (κ3) is 14.3. The summed E-state index contributed by atoms with van der Waals surface area (Å²) in [5.74, 6) is 0.279. The molecular weight excluding hydrogens is 270 g/mol. The second-order valence-corrected chi connectivity index (χ2v) is 7.68. The number of hydrogen-bond donors (Lipinski definition) is 1. The molecule has 3 nitrogen and oxygen atoms in total. The molecule has 0 aromatic rings. The highest BCUT2D eigenvalue weighted by molar-refractivity contribution is 7.89. The van der Waals surface area contributed by atoms with Crippen LogP contribution < -0.4 is 4.72 Å². The first-order valence-corrected chi connectivity index (χ1v) is 10.2. The van der Waals surface area contributed by atoms with E-state index in [1.807, 2.05) is 6.92 Å². The maximum Gasteiger partial charge on any atom is 0.211 e. The van der Waals surface area contributed by atoms with E-state index in [0.717, 1.165) is 25.7 Å². The Morgan fingerprint density at radius 1 is 0.650 bits per heavy atom. The summed E-state index contributed by atoms with van der Waals surface area (Å²) in [6, 6.07) is 0. The van der Waals surface area contributed by atoms with E-state index < -0.39 is 10.0 Å². The van der Waals surface area contributed by atoms with Crippen LogP contribution in [0.5, 0.6) is 0 Å². The van der Waals surface area contributed by atoms with E-state index in [0.29, 0.717) is 6.54 Å². The lowest BCUT2D eigenvalue weighted by molar-refractivity contribution is 0.548. The van der Waals surface area contributed by atoms with Crippen molar-refractivity contribution in [3.05, 3.63) is 0 Å². The van der Waals surface area contributed by atoms with Gasteiger partial charge < -0.3 is 0 Å². The predicted molar refractivity (Wildman–Crippen MR) is 88.5 cm³/mol. The SMILES string of the molecule is CCCCCCCCCCCCNS(=O)(=O)CCCC. The Kier molecular flexibility index (Phi) is 13.8. The van der Waals surface area contributed by atoms with E-state index in [9.17, 15) is 8.42 Å². The zero-order valence-electron chi connectivity index (χ0n) is 13.6. The average Bonchev–Trinajstić information content (AvgIpc) is 2.42. The van der Waals surface area contributed by atoms with Crippen molar-refractivity contribution in [1.29, 1.82) is 0 Å². The van der Waals surface area contributed by atoms with Gasteiger partial charge in [-0.05, 0) is 12.8 Å². The third-order valence-corrected chi connectivity index (χ3v) is 5.09. The molecule has 0 aliphatic rings. The smallest absolute Gasteiger partial charge is 0.211 e. The van der Waals surface area contributed by atoms with E-state index >= 15 is 0 Å². The molecule has 0 saturated heterocycles. The van der Waals surface area contributed by atoms with Crippen LogP contribution in [0.25, 0.3) is 0 Å². The molecule has 20 heavy (non-hydrogen) atoms. The monoisotopic (exact) mass is 305 g/mol. The standard InChI is InChI=1S/C16H35NO2S/c1-3-5-7-8-9-10-11-12-13-14-15-17-20(18,19)16-6-4-2/h17H,3-16H2,1-2H3. The second-order valence-electron chi connectivity index (χ2n) is 5.75. The molecule has 0 amide bonds. The van der Waals surface area contributed by atoms with Gasteiger partial charge in [-0.1, -0.05) is 78.1 Å². The molecule has 0 aromatic heterocycles. The van der Waals surface area contributed by atoms with Gasteiger partial charge in [-0.2, -0.15) is 0 Å². The summed E-state index contributed by atoms with van der Waals surface area (Å²) in [5, 5.41) is 0. The van der Waals surface area contributed by atoms with Gasteiger partial charge in [0.25, 0.3) is 0 Å². The fourth-order valence-corrected chi connectivity index (χ4v) is 3.52. The van der Waals surface area contributed by atoms with Gasteiger partial charge in [0.05, 0.1) is 5.75 Å². The Morgan fingerprint density at radius 3 is 1.60 bits per heavy atom. The van der Waals surface area contributed by atoms with E-state index in [1.165, 1.54) is 51.4 Å². The van der Waals surface area contributed by atoms with Crippen molar-refractivity contribution in [2.24, 2.45) is 0 Å². The molecule has 0 aliphatic carbocycles. The lowest BCUT2D eigenvalue weighted by Crippen LogP contribution is -2.27. The molecule has 0 spiro atoms. The maximum absolute atomic E-state index is 11.5. The van der Waals surface area contributed by atoms with Gasteiger partial charge in [0, 0.05) is 6.54 Å². The number of unbranched alkanes of at least 4 members (excludes halogenated alkanes) is 10. The Morgan fingerprint density at radius 2 is 1.10 bits per heavy atom. The predicted octanol–water partition coefficient (Wildman–Crippen LogP) is 4.63. The molecule has 0 aliphatic heterocycles. The lowest BCUT2D eigenvalue weighted by Gasteiger charge is -2.06. The number of nitrogens with one attached hydrogen (secondary N) is 1. The van der Waals surface area contributed by atoms with Gasteiger partial charge in [-0.15, -0.1) is 0 Å². The molecule has 0 atom stereocenters. The van der Waals surface area contributed by atoms with Crippen LogP contribution in [-0.4, -0.2) is 20.7 Å². The first-order chi connectivity index (χ1) is 9.62. The van der Waals surface area contributed by atoms with Crippen LogP contribution in [-0.2, 0) is 10.0 Å². The normalized spacial score (nSPS) is 11.9. The molecule has 4 heteroatoms. The van der Waals surface area contributed by atoms with Gasteiger partial charge >= 0.3 is 0 Å². The van der Waals surface area contributed by atoms with E-state index in [2.05, 4.69) is 11.6 Å². The van der Waals surface area contributed by atoms with Gasteiger partial charge in [-0.25, -0.2) is 13.1 Å². The number of rotatable bonds is 15. The summed E-state index contributed by atoms with van der Waals surface area (Å²) >= 11 is 0. The van der Waals surface area contributed by atoms with Crippen LogP contribution in [0.2, 0.25) is 0 Å². The average molecular weight is 306 g/mol. The first kappa shape index (κ1) is 19.9. The second kappa shape index (κ2) is 13.9. The summed E-state index contributed by atoms with van der Waals surface area (Å²) in [6.07, 6.45) is 14.5. The number of sulfonamides is 1. The van der Waals surface area contributed by atoms with Gasteiger partial charge in [-0.3, -0.25) is 0 Å². The van der Waals surface area contributed by atoms with Gasteiger partial charge in [0.1, 0.15) is 0 Å². The Hall–Kier alpha value is -0.0900. The highest BCUT2D eigenvalue weighted by atomic mass is 32.2. The highest BCUT2D eigenvalue weighted by Crippen LogP contribution is 2.10. The molecule has 0 heterocycles. The van der Waals surface area contributed by atoms with Crippen molar-refractivity contribution >= 4 is 10.0 Å². The van der Waals surface area contributed by atoms with Crippen LogP contribution >= 0.6 is 0 Å². The Labute approximate surface area is 127 Å². The van der Waals surface area contributed by atoms with E-state index in [1.54, 1.807) is 0 Å². The van der Waals surface area contributed by atoms with Gasteiger partial charge in [0.15, 0.2) is 0 Å². The van der Waals surface area contributed by atoms with Crippen LogP contribution in [0.4, 0.5) is 0 Å². The zero-order valence-corrected chi connectivity index (χ0v) is 14.4. The number of hydrogen-bond acceptors (Lipinski definition) is 2. The topological polar surface area (TPSA) is 46.2 Å². The van der Waals surface area contributed by atoms with Crippen molar-refractivity contribution in [3.8, 4) is 0 Å². The fourth-order valence-electron chi connectivity index (χ4n) is 2.25. The highest BCUT2D eigenvalue weighted by Gasteiger charge is 2.07. The summed E-state index contributed by atoms with van der Waals surface area (Å²) in [4.78, 5) is 0. The van der Waals surface area contributed by atoms with Crippen molar-refractivity contribution in [2.45, 2.75) is 90.9 Å². The molecule has 0 aromatic carbocycles. The minimum Gasteiger partial charge on any atom is -0.215 e. The molecular formula is C16H35NO2S. The summed E-state index contributed by atoms with van der Waals surface area (Å²) < 4.78 is 25.8. The lowest BCUT2D eigenvalue weighted by atomic mass is 10.1. The summed E-state index contributed by atoms with van der Waals surface area (Å²) in [5.41, 5.74) is 0. The van der Waals surface area contributed by atoms with Crippen LogP contribution in [0, 0.1) is 0 Å². The van der Waals surface area contributed by atoms with Crippen molar-refractivity contribution in [1.82, 2.24) is 4.72 Å². The van der Waals surface area contributed by atoms with Crippen molar-refractivity contribution in [3.63, 3.8) is 0 Å². The van der Waals surface area contributed by atoms with Crippen molar-refractivity contribution in [2.75, 3.05) is 12.3 Å². The first-order valence-electron chi connectivity index (χ1n) is 8.59. The van der Waals surface area contributed by atoms with Crippen LogP contribution in [0.3, 0.4) is 0 Å². The Bertz CT molecular complexity index is 289. The molecule has 0 bridgehead atoms. The van der Waals surface area contributed by atoms with Crippen molar-refractivity contribution < 1.29 is 8.42 Å². The van der Waals surface area contributed by atoms with Gasteiger partial charge in [0.2, 0.25) is 10.0 Å². The van der Waals surface area contributed by atoms with E-state index in [4.69, 9.17) is 0 Å². The fraction of sp³-hybridized carbons (Fsp3) is 1.00. The summed E-state index contributed by atoms with van der Waals surface area (Å²) in [6.45, 7) is 4.87. The minimum atomic E-state index is -3.00. The van der Waals surface area contributed by atoms with Crippen LogP contribution in [0.1, 0.15) is 90.9 Å². The molecule has 0 fully saturated rings. The molecule has 0 rings (SSSR count). The van der Waals surface area contributed by atoms with Crippen LogP contribution in [0.15, 0.2) is 0 Å². The molecule has 1 N–H and O–H groups in total. The third-order valence-electron chi connectivity index (χ3n) is 3.62. The minimum absolute atomic E-state index is 0.279. The quantitative estimate of drug-likeness (QED) is 0.448. The zero-order chi connectivity index (χ0) is 15.1. The molecule has 122 valence electrons. The summed E-state index contributed by atoms with van der Waals surface area (Å²) in [7, 11) is -3.00. The maximum atomic E-state index is 11.5. The molecule has 0 saturated carbocycles. The molecule has 0 unspecified atom stereocenters. The largest absolute Gasteiger partial charge is 0.215 e.